The van der Waals surface area contributed by atoms with E-state index in [0.717, 1.165) is 24.9 Å². The third-order valence-corrected chi connectivity index (χ3v) is 5.37. The maximum absolute atomic E-state index is 12.6. The Hall–Kier alpha value is -3.74. The number of fused-ring (bicyclic) bond motifs is 2. The Morgan fingerprint density at radius 3 is 2.83 bits per heavy atom. The van der Waals surface area contributed by atoms with Crippen LogP contribution in [0.5, 0.6) is 5.88 Å². The molecular formula is C23H21N5O2. The molecule has 0 saturated carbocycles. The minimum atomic E-state index is -0.168. The van der Waals surface area contributed by atoms with Crippen molar-refractivity contribution in [3.05, 3.63) is 78.2 Å². The minimum Gasteiger partial charge on any atom is -0.467 e. The molecule has 7 nitrogen and oxygen atoms in total. The lowest BCUT2D eigenvalue weighted by Gasteiger charge is -2.26. The van der Waals surface area contributed by atoms with Gasteiger partial charge in [0.25, 0.3) is 5.91 Å². The van der Waals surface area contributed by atoms with E-state index in [2.05, 4.69) is 32.5 Å². The molecule has 0 radical (unpaired) electrons. The van der Waals surface area contributed by atoms with Crippen LogP contribution in [0.4, 0.5) is 0 Å². The molecule has 2 heterocycles. The highest BCUT2D eigenvalue weighted by molar-refractivity contribution is 5.82. The molecule has 0 aliphatic heterocycles. The first-order valence-electron chi connectivity index (χ1n) is 10.0. The second kappa shape index (κ2) is 7.94. The van der Waals surface area contributed by atoms with E-state index in [9.17, 15) is 4.79 Å². The van der Waals surface area contributed by atoms with E-state index >= 15 is 0 Å². The number of rotatable bonds is 5. The molecule has 1 atom stereocenters. The minimum absolute atomic E-state index is 0.0253. The number of hydrogen-bond acceptors (Lipinski definition) is 5. The number of nitrogens with zero attached hydrogens (tertiary/aromatic N) is 4. The zero-order chi connectivity index (χ0) is 20.3. The molecule has 0 bridgehead atoms. The van der Waals surface area contributed by atoms with E-state index < -0.39 is 0 Å². The van der Waals surface area contributed by atoms with Crippen molar-refractivity contribution in [2.24, 2.45) is 0 Å². The summed E-state index contributed by atoms with van der Waals surface area (Å²) in [5.41, 5.74) is 4.03. The van der Waals surface area contributed by atoms with Gasteiger partial charge in [0.15, 0.2) is 12.3 Å². The third kappa shape index (κ3) is 3.50. The molecule has 0 saturated heterocycles. The summed E-state index contributed by atoms with van der Waals surface area (Å²) in [6.45, 7) is -0.110. The summed E-state index contributed by atoms with van der Waals surface area (Å²) in [5, 5.41) is 8.17. The molecule has 0 unspecified atom stereocenters. The summed E-state index contributed by atoms with van der Waals surface area (Å²) >= 11 is 0. The van der Waals surface area contributed by atoms with E-state index in [1.54, 1.807) is 10.9 Å². The molecular weight excluding hydrogens is 378 g/mol. The fourth-order valence-corrected chi connectivity index (χ4v) is 3.97. The van der Waals surface area contributed by atoms with Crippen molar-refractivity contribution in [1.29, 1.82) is 0 Å². The van der Waals surface area contributed by atoms with Gasteiger partial charge < -0.3 is 10.1 Å². The Morgan fingerprint density at radius 1 is 1.10 bits per heavy atom. The maximum atomic E-state index is 12.6. The molecule has 2 aromatic heterocycles. The number of nitrogens with one attached hydrogen (secondary N) is 1. The van der Waals surface area contributed by atoms with Crippen LogP contribution in [-0.4, -0.2) is 32.3 Å². The van der Waals surface area contributed by atoms with E-state index in [4.69, 9.17) is 4.74 Å². The average Bonchev–Trinajstić information content (AvgIpc) is 3.23. The zero-order valence-electron chi connectivity index (χ0n) is 16.4. The lowest BCUT2D eigenvalue weighted by atomic mass is 9.88. The van der Waals surface area contributed by atoms with Crippen LogP contribution in [0.15, 0.2) is 67.1 Å². The lowest BCUT2D eigenvalue weighted by Crippen LogP contribution is -2.34. The van der Waals surface area contributed by atoms with Crippen LogP contribution in [0.1, 0.15) is 30.0 Å². The number of carbonyl (C=O) groups is 1. The number of para-hydroxylation sites is 1. The summed E-state index contributed by atoms with van der Waals surface area (Å²) in [6.07, 6.45) is 6.14. The van der Waals surface area contributed by atoms with Gasteiger partial charge in [-0.3, -0.25) is 4.79 Å². The highest BCUT2D eigenvalue weighted by atomic mass is 16.5. The van der Waals surface area contributed by atoms with Crippen LogP contribution in [0.2, 0.25) is 0 Å². The predicted octanol–water partition coefficient (Wildman–Crippen LogP) is 3.39. The summed E-state index contributed by atoms with van der Waals surface area (Å²) in [6, 6.07) is 18.0. The summed E-state index contributed by atoms with van der Waals surface area (Å²) in [4.78, 5) is 21.1. The second-order valence-electron chi connectivity index (χ2n) is 7.31. The van der Waals surface area contributed by atoms with Gasteiger partial charge in [-0.05, 0) is 42.5 Å². The van der Waals surface area contributed by atoms with Crippen LogP contribution in [-0.2, 0) is 11.2 Å². The topological polar surface area (TPSA) is 81.9 Å². The first kappa shape index (κ1) is 18.3. The van der Waals surface area contributed by atoms with Gasteiger partial charge in [-0.25, -0.2) is 14.6 Å². The zero-order valence-corrected chi connectivity index (χ0v) is 16.4. The largest absolute Gasteiger partial charge is 0.467 e. The van der Waals surface area contributed by atoms with Crippen molar-refractivity contribution in [2.75, 3.05) is 6.61 Å². The Bertz CT molecular complexity index is 1190. The highest BCUT2D eigenvalue weighted by Gasteiger charge is 2.22. The lowest BCUT2D eigenvalue weighted by molar-refractivity contribution is -0.124. The Morgan fingerprint density at radius 2 is 1.93 bits per heavy atom. The van der Waals surface area contributed by atoms with Crippen LogP contribution in [0, 0.1) is 0 Å². The summed E-state index contributed by atoms with van der Waals surface area (Å²) < 4.78 is 7.47. The number of hydrogen-bond donors (Lipinski definition) is 1. The Balaban J connectivity index is 1.30. The first-order valence-corrected chi connectivity index (χ1v) is 10.0. The number of aromatic nitrogens is 4. The van der Waals surface area contributed by atoms with E-state index in [0.29, 0.717) is 16.9 Å². The number of aryl methyl sites for hydroxylation is 1. The molecule has 30 heavy (non-hydrogen) atoms. The van der Waals surface area contributed by atoms with Crippen LogP contribution in [0.25, 0.3) is 16.7 Å². The van der Waals surface area contributed by atoms with Gasteiger partial charge in [0.2, 0.25) is 5.88 Å². The molecule has 1 amide bonds. The highest BCUT2D eigenvalue weighted by Crippen LogP contribution is 2.29. The van der Waals surface area contributed by atoms with Gasteiger partial charge in [0.1, 0.15) is 11.7 Å². The molecule has 2 aromatic carbocycles. The smallest absolute Gasteiger partial charge is 0.258 e. The SMILES string of the molecule is O=C(COc1ncnc2c1cnn2-c1ccccc1)N[C@@H]1CCCc2ccccc21. The fourth-order valence-electron chi connectivity index (χ4n) is 3.97. The normalized spacial score (nSPS) is 15.5. The molecule has 150 valence electrons. The molecule has 5 rings (SSSR count). The number of carbonyl (C=O) groups excluding carboxylic acids is 1. The van der Waals surface area contributed by atoms with Gasteiger partial charge in [-0.1, -0.05) is 42.5 Å². The van der Waals surface area contributed by atoms with E-state index in [1.165, 1.54) is 17.5 Å². The van der Waals surface area contributed by atoms with Crippen molar-refractivity contribution < 1.29 is 9.53 Å². The number of amides is 1. The van der Waals surface area contributed by atoms with Gasteiger partial charge in [-0.15, -0.1) is 0 Å². The van der Waals surface area contributed by atoms with E-state index in [-0.39, 0.29) is 18.6 Å². The van der Waals surface area contributed by atoms with Crippen molar-refractivity contribution in [3.8, 4) is 11.6 Å². The molecule has 0 spiro atoms. The van der Waals surface area contributed by atoms with Crippen LogP contribution in [0.3, 0.4) is 0 Å². The van der Waals surface area contributed by atoms with Crippen molar-refractivity contribution in [2.45, 2.75) is 25.3 Å². The third-order valence-electron chi connectivity index (χ3n) is 5.37. The van der Waals surface area contributed by atoms with Crippen LogP contribution < -0.4 is 10.1 Å². The number of benzene rings is 2. The van der Waals surface area contributed by atoms with E-state index in [1.807, 2.05) is 42.5 Å². The Labute approximate surface area is 173 Å². The molecule has 1 aliphatic rings. The molecule has 0 fully saturated rings. The monoisotopic (exact) mass is 399 g/mol. The summed E-state index contributed by atoms with van der Waals surface area (Å²) in [5.74, 6) is 0.181. The average molecular weight is 399 g/mol. The maximum Gasteiger partial charge on any atom is 0.258 e. The standard InChI is InChI=1S/C23H21N5O2/c29-21(27-20-12-6-8-16-7-4-5-11-18(16)20)14-30-23-19-13-26-28(22(19)24-15-25-23)17-9-2-1-3-10-17/h1-5,7,9-11,13,15,20H,6,8,12,14H2,(H,27,29)/t20-/m1/s1. The second-order valence-corrected chi connectivity index (χ2v) is 7.31. The number of ether oxygens (including phenoxy) is 1. The molecule has 4 aromatic rings. The van der Waals surface area contributed by atoms with Gasteiger partial charge >= 0.3 is 0 Å². The molecule has 1 N–H and O–H groups in total. The predicted molar refractivity (Wildman–Crippen MR) is 112 cm³/mol. The van der Waals surface area contributed by atoms with Gasteiger partial charge in [0.05, 0.1) is 17.9 Å². The van der Waals surface area contributed by atoms with Crippen LogP contribution >= 0.6 is 0 Å². The van der Waals surface area contributed by atoms with Gasteiger partial charge in [0, 0.05) is 0 Å². The Kier molecular flexibility index (Phi) is 4.85. The van der Waals surface area contributed by atoms with Gasteiger partial charge in [-0.2, -0.15) is 5.10 Å². The quantitative estimate of drug-likeness (QED) is 0.556. The first-order chi connectivity index (χ1) is 14.8. The molecule has 7 heteroatoms. The fraction of sp³-hybridized carbons (Fsp3) is 0.217. The van der Waals surface area contributed by atoms with Crippen molar-refractivity contribution >= 4 is 16.9 Å². The summed E-state index contributed by atoms with van der Waals surface area (Å²) in [7, 11) is 0. The molecule has 1 aliphatic carbocycles. The van der Waals surface area contributed by atoms with Crippen molar-refractivity contribution in [3.63, 3.8) is 0 Å². The van der Waals surface area contributed by atoms with Crippen molar-refractivity contribution in [1.82, 2.24) is 25.1 Å².